The Kier molecular flexibility index (Phi) is 6.90. The number of anilines is 3. The Hall–Kier alpha value is -3.36. The van der Waals surface area contributed by atoms with Crippen molar-refractivity contribution in [2.75, 3.05) is 16.4 Å². The van der Waals surface area contributed by atoms with Crippen LogP contribution in [0.1, 0.15) is 38.3 Å². The molecule has 0 saturated carbocycles. The summed E-state index contributed by atoms with van der Waals surface area (Å²) in [5.41, 5.74) is 9.07. The molecule has 4 aromatic rings. The molecular weight excluding hydrogens is 450 g/mol. The number of hydrogen-bond acceptors (Lipinski definition) is 7. The van der Waals surface area contributed by atoms with Gasteiger partial charge in [0.15, 0.2) is 17.0 Å². The van der Waals surface area contributed by atoms with Crippen LogP contribution >= 0.6 is 11.6 Å². The van der Waals surface area contributed by atoms with Crippen molar-refractivity contribution < 1.29 is 5.11 Å². The molecule has 9 heteroatoms. The molecular formula is C25H30ClN7O. The maximum Gasteiger partial charge on any atom is 0.227 e. The highest BCUT2D eigenvalue weighted by Gasteiger charge is 2.26. The zero-order valence-electron chi connectivity index (χ0n) is 19.6. The van der Waals surface area contributed by atoms with E-state index < -0.39 is 5.60 Å². The van der Waals surface area contributed by atoms with Gasteiger partial charge in [-0.3, -0.25) is 0 Å². The first-order chi connectivity index (χ1) is 16.3. The number of aliphatic hydroxyl groups is 1. The third-order valence-corrected chi connectivity index (χ3v) is 6.14. The van der Waals surface area contributed by atoms with Gasteiger partial charge >= 0.3 is 0 Å². The molecule has 0 aliphatic heterocycles. The van der Waals surface area contributed by atoms with Crippen LogP contribution in [0.3, 0.4) is 0 Å². The minimum atomic E-state index is -0.944. The van der Waals surface area contributed by atoms with Crippen molar-refractivity contribution in [3.8, 4) is 0 Å². The Labute approximate surface area is 204 Å². The van der Waals surface area contributed by atoms with Gasteiger partial charge in [0, 0.05) is 6.54 Å². The summed E-state index contributed by atoms with van der Waals surface area (Å²) in [6, 6.07) is 15.4. The molecule has 2 aromatic carbocycles. The van der Waals surface area contributed by atoms with Gasteiger partial charge in [0.2, 0.25) is 5.95 Å². The molecule has 4 rings (SSSR count). The van der Waals surface area contributed by atoms with Crippen molar-refractivity contribution in [3.05, 3.63) is 71.0 Å². The fraction of sp³-hybridized carbons (Fsp3) is 0.320. The van der Waals surface area contributed by atoms with Crippen LogP contribution in [-0.2, 0) is 13.1 Å². The van der Waals surface area contributed by atoms with Gasteiger partial charge in [0.05, 0.1) is 35.2 Å². The van der Waals surface area contributed by atoms with Crippen LogP contribution in [0, 0.1) is 0 Å². The number of nitrogens with zero attached hydrogens (tertiary/aromatic N) is 4. The number of hydrogen-bond donors (Lipinski definition) is 4. The maximum absolute atomic E-state index is 10.6. The van der Waals surface area contributed by atoms with Crippen LogP contribution in [-0.4, -0.2) is 36.3 Å². The highest BCUT2D eigenvalue weighted by atomic mass is 35.5. The lowest BCUT2D eigenvalue weighted by Crippen LogP contribution is -2.41. The molecule has 0 amide bonds. The molecule has 0 radical (unpaired) electrons. The standard InChI is InChI=1S/C25H30ClN7O/c1-4-19(25(2,3)34)30-24-31-22(28-13-17-11-8-12-18(26)20(17)27)21-23(32-24)33(15-29-21)14-16-9-6-5-7-10-16/h5-12,15,19,34H,4,13-14,27H2,1-3H3,(H2,28,30,31,32). The van der Waals surface area contributed by atoms with Crippen molar-refractivity contribution >= 4 is 40.2 Å². The van der Waals surface area contributed by atoms with Crippen molar-refractivity contribution in [1.29, 1.82) is 0 Å². The minimum Gasteiger partial charge on any atom is -0.397 e. The van der Waals surface area contributed by atoms with E-state index in [1.807, 2.05) is 41.8 Å². The smallest absolute Gasteiger partial charge is 0.227 e. The van der Waals surface area contributed by atoms with Crippen LogP contribution in [0.5, 0.6) is 0 Å². The number of aromatic nitrogens is 4. The highest BCUT2D eigenvalue weighted by Crippen LogP contribution is 2.27. The Morgan fingerprint density at radius 3 is 2.59 bits per heavy atom. The molecule has 0 saturated heterocycles. The zero-order valence-corrected chi connectivity index (χ0v) is 20.3. The predicted molar refractivity (Wildman–Crippen MR) is 138 cm³/mol. The summed E-state index contributed by atoms with van der Waals surface area (Å²) in [4.78, 5) is 14.1. The van der Waals surface area contributed by atoms with Crippen LogP contribution in [0.4, 0.5) is 17.5 Å². The fourth-order valence-corrected chi connectivity index (χ4v) is 4.07. The van der Waals surface area contributed by atoms with Gasteiger partial charge in [0.1, 0.15) is 0 Å². The second-order valence-electron chi connectivity index (χ2n) is 8.85. The zero-order chi connectivity index (χ0) is 24.3. The number of para-hydroxylation sites is 1. The van der Waals surface area contributed by atoms with Crippen LogP contribution in [0.2, 0.25) is 5.02 Å². The van der Waals surface area contributed by atoms with E-state index in [1.165, 1.54) is 0 Å². The molecule has 2 heterocycles. The largest absolute Gasteiger partial charge is 0.397 e. The maximum atomic E-state index is 10.6. The number of rotatable bonds is 9. The van der Waals surface area contributed by atoms with E-state index in [2.05, 4.69) is 27.8 Å². The molecule has 0 fully saturated rings. The molecule has 1 unspecified atom stereocenters. The van der Waals surface area contributed by atoms with Crippen LogP contribution in [0.15, 0.2) is 54.9 Å². The average Bonchev–Trinajstić information content (AvgIpc) is 3.21. The number of nitrogens with two attached hydrogens (primary N) is 1. The quantitative estimate of drug-likeness (QED) is 0.257. The van der Waals surface area contributed by atoms with Gasteiger partial charge in [0.25, 0.3) is 0 Å². The van der Waals surface area contributed by atoms with E-state index in [1.54, 1.807) is 26.2 Å². The minimum absolute atomic E-state index is 0.230. The molecule has 1 atom stereocenters. The second kappa shape index (κ2) is 9.87. The number of imidazole rings is 1. The van der Waals surface area contributed by atoms with E-state index >= 15 is 0 Å². The van der Waals surface area contributed by atoms with E-state index in [-0.39, 0.29) is 6.04 Å². The topological polar surface area (TPSA) is 114 Å². The third-order valence-electron chi connectivity index (χ3n) is 5.81. The third kappa shape index (κ3) is 5.24. The molecule has 34 heavy (non-hydrogen) atoms. The van der Waals surface area contributed by atoms with Gasteiger partial charge in [-0.05, 0) is 37.5 Å². The van der Waals surface area contributed by atoms with Crippen molar-refractivity contribution in [1.82, 2.24) is 19.5 Å². The summed E-state index contributed by atoms with van der Waals surface area (Å²) in [5, 5.41) is 17.7. The van der Waals surface area contributed by atoms with Crippen molar-refractivity contribution in [2.24, 2.45) is 0 Å². The molecule has 8 nitrogen and oxygen atoms in total. The van der Waals surface area contributed by atoms with Crippen molar-refractivity contribution in [3.63, 3.8) is 0 Å². The molecule has 0 aliphatic rings. The predicted octanol–water partition coefficient (Wildman–Crippen LogP) is 4.68. The lowest BCUT2D eigenvalue weighted by molar-refractivity contribution is 0.0577. The molecule has 0 spiro atoms. The monoisotopic (exact) mass is 479 g/mol. The van der Waals surface area contributed by atoms with Crippen LogP contribution in [0.25, 0.3) is 11.2 Å². The first kappa shape index (κ1) is 23.8. The summed E-state index contributed by atoms with van der Waals surface area (Å²) < 4.78 is 1.99. The average molecular weight is 480 g/mol. The number of benzene rings is 2. The number of halogens is 1. The first-order valence-corrected chi connectivity index (χ1v) is 11.7. The number of nitrogens with one attached hydrogen (secondary N) is 2. The summed E-state index contributed by atoms with van der Waals surface area (Å²) in [6.45, 7) is 6.60. The van der Waals surface area contributed by atoms with Gasteiger partial charge in [-0.15, -0.1) is 0 Å². The Morgan fingerprint density at radius 1 is 1.12 bits per heavy atom. The summed E-state index contributed by atoms with van der Waals surface area (Å²) >= 11 is 6.18. The first-order valence-electron chi connectivity index (χ1n) is 11.3. The van der Waals surface area contributed by atoms with Crippen molar-refractivity contribution in [2.45, 2.75) is 51.9 Å². The van der Waals surface area contributed by atoms with Crippen LogP contribution < -0.4 is 16.4 Å². The molecule has 0 bridgehead atoms. The van der Waals surface area contributed by atoms with E-state index in [9.17, 15) is 5.11 Å². The van der Waals surface area contributed by atoms with Gasteiger partial charge in [-0.1, -0.05) is 61.0 Å². The Morgan fingerprint density at radius 2 is 1.88 bits per heavy atom. The van der Waals surface area contributed by atoms with E-state index in [4.69, 9.17) is 27.3 Å². The summed E-state index contributed by atoms with van der Waals surface area (Å²) in [5.74, 6) is 0.988. The Balaban J connectivity index is 1.72. The second-order valence-corrected chi connectivity index (χ2v) is 9.26. The highest BCUT2D eigenvalue weighted by molar-refractivity contribution is 6.33. The molecule has 2 aromatic heterocycles. The lowest BCUT2D eigenvalue weighted by atomic mass is 9.97. The fourth-order valence-electron chi connectivity index (χ4n) is 3.88. The lowest BCUT2D eigenvalue weighted by Gasteiger charge is -2.29. The number of nitrogen functional groups attached to an aromatic ring is 1. The summed E-state index contributed by atoms with van der Waals surface area (Å²) in [6.07, 6.45) is 2.47. The molecule has 0 aliphatic carbocycles. The van der Waals surface area contributed by atoms with E-state index in [0.717, 1.165) is 11.1 Å². The van der Waals surface area contributed by atoms with Gasteiger partial charge < -0.3 is 26.0 Å². The van der Waals surface area contributed by atoms with Gasteiger partial charge in [-0.25, -0.2) is 4.98 Å². The Bertz CT molecular complexity index is 1270. The van der Waals surface area contributed by atoms with E-state index in [0.29, 0.717) is 53.2 Å². The molecule has 178 valence electrons. The molecule has 5 N–H and O–H groups in total. The normalized spacial score (nSPS) is 12.6. The SMILES string of the molecule is CCC(Nc1nc(NCc2cccc(Cl)c2N)c2ncn(Cc3ccccc3)c2n1)C(C)(C)O. The summed E-state index contributed by atoms with van der Waals surface area (Å²) in [7, 11) is 0. The van der Waals surface area contributed by atoms with Gasteiger partial charge in [-0.2, -0.15) is 9.97 Å². The number of fused-ring (bicyclic) bond motifs is 1.